The van der Waals surface area contributed by atoms with Gasteiger partial charge < -0.3 is 65.1 Å². The largest absolute Gasteiger partial charge is 0.394 e. The maximum atomic E-state index is 13.1. The van der Waals surface area contributed by atoms with Gasteiger partial charge in [-0.05, 0) is 19.3 Å². The summed E-state index contributed by atoms with van der Waals surface area (Å²) in [6, 6.07) is -0.906. The summed E-state index contributed by atoms with van der Waals surface area (Å²) < 4.78 is 22.6. The lowest BCUT2D eigenvalue weighted by Gasteiger charge is -2.46. The Morgan fingerprint density at radius 1 is 0.486 bits per heavy atom. The van der Waals surface area contributed by atoms with Gasteiger partial charge >= 0.3 is 0 Å². The molecule has 2 aliphatic heterocycles. The van der Waals surface area contributed by atoms with E-state index in [1.54, 1.807) is 6.08 Å². The second kappa shape index (κ2) is 44.8. The minimum atomic E-state index is -1.78. The zero-order chi connectivity index (χ0) is 52.4. The van der Waals surface area contributed by atoms with Crippen LogP contribution in [-0.4, -0.2) is 140 Å². The maximum Gasteiger partial charge on any atom is 0.220 e. The number of nitrogens with one attached hydrogen (secondary N) is 1. The molecule has 9 N–H and O–H groups in total. The molecule has 14 heteroatoms. The van der Waals surface area contributed by atoms with Crippen LogP contribution < -0.4 is 5.32 Å². The molecule has 0 aromatic heterocycles. The molecule has 0 bridgehead atoms. The number of unbranched alkanes of at least 4 members (excludes halogenated alkanes) is 35. The summed E-state index contributed by atoms with van der Waals surface area (Å²) in [6.07, 6.45) is 34.9. The Balaban J connectivity index is 1.54. The molecule has 426 valence electrons. The van der Waals surface area contributed by atoms with Crippen molar-refractivity contribution in [3.05, 3.63) is 12.2 Å². The first-order valence-corrected chi connectivity index (χ1v) is 29.9. The molecule has 2 rings (SSSR count). The van der Waals surface area contributed by atoms with Crippen molar-refractivity contribution in [2.24, 2.45) is 0 Å². The van der Waals surface area contributed by atoms with Gasteiger partial charge in [-0.2, -0.15) is 0 Å². The smallest absolute Gasteiger partial charge is 0.220 e. The number of carbonyl (C=O) groups excluding carboxylic acids is 1. The Morgan fingerprint density at radius 2 is 0.861 bits per heavy atom. The van der Waals surface area contributed by atoms with Crippen LogP contribution in [0.15, 0.2) is 12.2 Å². The summed E-state index contributed by atoms with van der Waals surface area (Å²) in [7, 11) is 0. The van der Waals surface area contributed by atoms with Crippen LogP contribution in [0.4, 0.5) is 0 Å². The quantitative estimate of drug-likeness (QED) is 0.0205. The highest BCUT2D eigenvalue weighted by atomic mass is 16.7. The molecule has 0 spiro atoms. The lowest BCUT2D eigenvalue weighted by atomic mass is 9.97. The molecule has 0 aromatic rings. The summed E-state index contributed by atoms with van der Waals surface area (Å²) in [5, 5.41) is 86.5. The van der Waals surface area contributed by atoms with Gasteiger partial charge in [0.2, 0.25) is 5.91 Å². The van der Waals surface area contributed by atoms with Crippen molar-refractivity contribution in [3.63, 3.8) is 0 Å². The fraction of sp³-hybridized carbons (Fsp3) is 0.948. The van der Waals surface area contributed by atoms with Crippen molar-refractivity contribution in [2.75, 3.05) is 19.8 Å². The predicted octanol–water partition coefficient (Wildman–Crippen LogP) is 9.89. The van der Waals surface area contributed by atoms with Crippen molar-refractivity contribution in [1.29, 1.82) is 0 Å². The average Bonchev–Trinajstić information content (AvgIpc) is 3.38. The molecule has 2 heterocycles. The zero-order valence-corrected chi connectivity index (χ0v) is 45.7. The first kappa shape index (κ1) is 66.8. The number of hydrogen-bond donors (Lipinski definition) is 9. The Hall–Kier alpha value is -1.27. The van der Waals surface area contributed by atoms with Crippen molar-refractivity contribution in [2.45, 2.75) is 331 Å². The molecular weight excluding hydrogens is 919 g/mol. The minimum absolute atomic E-state index is 0.240. The van der Waals surface area contributed by atoms with E-state index in [9.17, 15) is 45.6 Å². The number of rotatable bonds is 48. The SMILES string of the molecule is CCCCCC/C=C/C(O)C(COC1OC(CO)C(OC2OC(CO)C(O)C(O)C2O)C(O)C1O)NC(=O)CCCCCCCCCCCCCCCCCCCCCCCCCCCCCCCCCC. The zero-order valence-electron chi connectivity index (χ0n) is 45.7. The molecule has 12 unspecified atom stereocenters. The molecule has 1 amide bonds. The van der Waals surface area contributed by atoms with Crippen LogP contribution in [0.5, 0.6) is 0 Å². The van der Waals surface area contributed by atoms with Crippen LogP contribution in [0, 0.1) is 0 Å². The topological polar surface area (TPSA) is 228 Å². The molecule has 0 aliphatic carbocycles. The van der Waals surface area contributed by atoms with Crippen LogP contribution >= 0.6 is 0 Å². The van der Waals surface area contributed by atoms with E-state index in [0.717, 1.165) is 51.4 Å². The summed E-state index contributed by atoms with van der Waals surface area (Å²) in [5.74, 6) is -0.240. The van der Waals surface area contributed by atoms with Crippen molar-refractivity contribution in [1.82, 2.24) is 5.32 Å². The van der Waals surface area contributed by atoms with Gasteiger partial charge in [0.05, 0.1) is 32.0 Å². The third-order valence-corrected chi connectivity index (χ3v) is 15.0. The van der Waals surface area contributed by atoms with Gasteiger partial charge in [0, 0.05) is 6.42 Å². The van der Waals surface area contributed by atoms with Crippen LogP contribution in [-0.2, 0) is 23.7 Å². The number of ether oxygens (including phenoxy) is 4. The van der Waals surface area contributed by atoms with E-state index in [4.69, 9.17) is 18.9 Å². The fourth-order valence-corrected chi connectivity index (χ4v) is 10.1. The Labute approximate surface area is 437 Å². The van der Waals surface area contributed by atoms with Gasteiger partial charge in [0.1, 0.15) is 48.8 Å². The van der Waals surface area contributed by atoms with Crippen molar-refractivity contribution >= 4 is 5.91 Å². The first-order valence-electron chi connectivity index (χ1n) is 29.9. The highest BCUT2D eigenvalue weighted by Gasteiger charge is 2.51. The predicted molar refractivity (Wildman–Crippen MR) is 286 cm³/mol. The highest BCUT2D eigenvalue weighted by Crippen LogP contribution is 2.30. The van der Waals surface area contributed by atoms with E-state index >= 15 is 0 Å². The third-order valence-electron chi connectivity index (χ3n) is 15.0. The van der Waals surface area contributed by atoms with Gasteiger partial charge in [-0.1, -0.05) is 244 Å². The molecule has 12 atom stereocenters. The van der Waals surface area contributed by atoms with E-state index in [1.165, 1.54) is 180 Å². The van der Waals surface area contributed by atoms with E-state index < -0.39 is 86.8 Å². The first-order chi connectivity index (χ1) is 35.1. The maximum absolute atomic E-state index is 13.1. The molecule has 72 heavy (non-hydrogen) atoms. The Bertz CT molecular complexity index is 1260. The van der Waals surface area contributed by atoms with Crippen LogP contribution in [0.2, 0.25) is 0 Å². The standard InChI is InChI=1S/C58H111NO13/c1-3-5-7-9-11-12-13-14-15-16-17-18-19-20-21-22-23-24-25-26-27-28-29-30-31-32-33-34-35-36-38-40-42-50(63)59-46(47(62)41-39-37-10-8-6-4-2)45-69-57-55(68)53(66)56(49(44-61)71-57)72-58-54(67)52(65)51(64)48(43-60)70-58/h39,41,46-49,51-58,60-62,64-68H,3-38,40,42-45H2,1-2H3,(H,59,63)/b41-39+. The van der Waals surface area contributed by atoms with E-state index in [2.05, 4.69) is 19.2 Å². The van der Waals surface area contributed by atoms with Crippen molar-refractivity contribution in [3.8, 4) is 0 Å². The summed E-state index contributed by atoms with van der Waals surface area (Å²) >= 11 is 0. The van der Waals surface area contributed by atoms with Gasteiger partial charge in [-0.25, -0.2) is 0 Å². The van der Waals surface area contributed by atoms with E-state index in [1.807, 2.05) is 6.08 Å². The molecule has 14 nitrogen and oxygen atoms in total. The van der Waals surface area contributed by atoms with Gasteiger partial charge in [-0.3, -0.25) is 4.79 Å². The normalized spacial score (nSPS) is 25.6. The van der Waals surface area contributed by atoms with Crippen LogP contribution in [0.25, 0.3) is 0 Å². The summed E-state index contributed by atoms with van der Waals surface area (Å²) in [5.41, 5.74) is 0. The van der Waals surface area contributed by atoms with Gasteiger partial charge in [0.25, 0.3) is 0 Å². The van der Waals surface area contributed by atoms with Crippen LogP contribution in [0.1, 0.15) is 258 Å². The van der Waals surface area contributed by atoms with Crippen molar-refractivity contribution < 1.29 is 64.6 Å². The molecule has 0 radical (unpaired) electrons. The summed E-state index contributed by atoms with van der Waals surface area (Å²) in [4.78, 5) is 13.1. The van der Waals surface area contributed by atoms with Crippen LogP contribution in [0.3, 0.4) is 0 Å². The second-order valence-electron chi connectivity index (χ2n) is 21.5. The summed E-state index contributed by atoms with van der Waals surface area (Å²) in [6.45, 7) is 2.72. The number of amides is 1. The molecule has 2 fully saturated rings. The van der Waals surface area contributed by atoms with E-state index in [0.29, 0.717) is 6.42 Å². The third kappa shape index (κ3) is 30.5. The lowest BCUT2D eigenvalue weighted by molar-refractivity contribution is -0.359. The van der Waals surface area contributed by atoms with Gasteiger partial charge in [-0.15, -0.1) is 0 Å². The molecule has 0 aromatic carbocycles. The highest BCUT2D eigenvalue weighted by molar-refractivity contribution is 5.76. The number of hydrogen-bond acceptors (Lipinski definition) is 13. The second-order valence-corrected chi connectivity index (χ2v) is 21.5. The molecule has 2 aliphatic rings. The Kier molecular flexibility index (Phi) is 41.6. The molecule has 0 saturated carbocycles. The monoisotopic (exact) mass is 1030 g/mol. The number of aliphatic hydroxyl groups excluding tert-OH is 8. The molecule has 2 saturated heterocycles. The van der Waals surface area contributed by atoms with Gasteiger partial charge in [0.15, 0.2) is 12.6 Å². The van der Waals surface area contributed by atoms with E-state index in [-0.39, 0.29) is 18.9 Å². The number of aliphatic hydroxyl groups is 8. The minimum Gasteiger partial charge on any atom is -0.394 e. The number of carbonyl (C=O) groups is 1. The number of allylic oxidation sites excluding steroid dienone is 1. The molecular formula is C58H111NO13. The lowest BCUT2D eigenvalue weighted by Crippen LogP contribution is -2.65. The Morgan fingerprint density at radius 3 is 1.28 bits per heavy atom. The average molecular weight is 1030 g/mol. The fourth-order valence-electron chi connectivity index (χ4n) is 10.1.